The number of aliphatic hydroxyl groups is 2. The number of unbranched alkanes of at least 4 members (excludes halogenated alkanes) is 5. The van der Waals surface area contributed by atoms with Crippen molar-refractivity contribution < 1.29 is 10.2 Å². The first kappa shape index (κ1) is 15.0. The van der Waals surface area contributed by atoms with E-state index < -0.39 is 12.2 Å². The van der Waals surface area contributed by atoms with E-state index in [9.17, 15) is 10.2 Å². The van der Waals surface area contributed by atoms with Crippen molar-refractivity contribution in [3.8, 4) is 0 Å². The van der Waals surface area contributed by atoms with Crippen molar-refractivity contribution in [1.82, 2.24) is 0 Å². The fourth-order valence-corrected chi connectivity index (χ4v) is 2.33. The van der Waals surface area contributed by atoms with Gasteiger partial charge in [0.05, 0.1) is 12.2 Å². The van der Waals surface area contributed by atoms with E-state index in [2.05, 4.69) is 6.92 Å². The summed E-state index contributed by atoms with van der Waals surface area (Å²) in [5.74, 6) is 0.853. The molecular formula is C15H30O2. The van der Waals surface area contributed by atoms with Gasteiger partial charge in [0.1, 0.15) is 0 Å². The lowest BCUT2D eigenvalue weighted by Gasteiger charge is -2.17. The van der Waals surface area contributed by atoms with Crippen LogP contribution in [0.3, 0.4) is 0 Å². The molecule has 0 heterocycles. The van der Waals surface area contributed by atoms with E-state index in [0.29, 0.717) is 0 Å². The monoisotopic (exact) mass is 242 g/mol. The highest BCUT2D eigenvalue weighted by Gasteiger charge is 2.24. The summed E-state index contributed by atoms with van der Waals surface area (Å²) >= 11 is 0. The largest absolute Gasteiger partial charge is 0.390 e. The maximum Gasteiger partial charge on any atom is 0.0799 e. The summed E-state index contributed by atoms with van der Waals surface area (Å²) in [7, 11) is 0. The van der Waals surface area contributed by atoms with Crippen molar-refractivity contribution in [2.75, 3.05) is 0 Å². The van der Waals surface area contributed by atoms with Gasteiger partial charge in [0, 0.05) is 0 Å². The second-order valence-electron chi connectivity index (χ2n) is 5.71. The maximum absolute atomic E-state index is 9.80. The number of hydrogen-bond donors (Lipinski definition) is 2. The van der Waals surface area contributed by atoms with Gasteiger partial charge in [0.15, 0.2) is 0 Å². The minimum Gasteiger partial charge on any atom is -0.390 e. The summed E-state index contributed by atoms with van der Waals surface area (Å²) < 4.78 is 0. The SMILES string of the molecule is CCCCCCCCC(O)C(O)CCC1CC1. The summed E-state index contributed by atoms with van der Waals surface area (Å²) in [6.45, 7) is 2.22. The first-order valence-electron chi connectivity index (χ1n) is 7.60. The summed E-state index contributed by atoms with van der Waals surface area (Å²) in [6.07, 6.45) is 11.8. The van der Waals surface area contributed by atoms with Crippen LogP contribution in [0, 0.1) is 5.92 Å². The highest BCUT2D eigenvalue weighted by Crippen LogP contribution is 2.34. The Morgan fingerprint density at radius 3 is 2.12 bits per heavy atom. The summed E-state index contributed by atoms with van der Waals surface area (Å²) in [4.78, 5) is 0. The normalized spacial score (nSPS) is 19.2. The van der Waals surface area contributed by atoms with Crippen molar-refractivity contribution in [3.63, 3.8) is 0 Å². The van der Waals surface area contributed by atoms with Crippen LogP contribution in [0.4, 0.5) is 0 Å². The van der Waals surface area contributed by atoms with E-state index in [0.717, 1.165) is 31.6 Å². The predicted molar refractivity (Wildman–Crippen MR) is 72.0 cm³/mol. The molecule has 0 aromatic carbocycles. The number of hydrogen-bond acceptors (Lipinski definition) is 2. The fourth-order valence-electron chi connectivity index (χ4n) is 2.33. The molecule has 2 N–H and O–H groups in total. The Bertz CT molecular complexity index is 178. The molecule has 102 valence electrons. The first-order chi connectivity index (χ1) is 8.24. The highest BCUT2D eigenvalue weighted by atomic mass is 16.3. The molecule has 2 unspecified atom stereocenters. The molecule has 0 bridgehead atoms. The minimum atomic E-state index is -0.486. The lowest BCUT2D eigenvalue weighted by molar-refractivity contribution is 0.00668. The van der Waals surface area contributed by atoms with Gasteiger partial charge in [-0.2, -0.15) is 0 Å². The minimum absolute atomic E-state index is 0.480. The van der Waals surface area contributed by atoms with Gasteiger partial charge in [-0.1, -0.05) is 58.3 Å². The van der Waals surface area contributed by atoms with E-state index in [4.69, 9.17) is 0 Å². The zero-order valence-corrected chi connectivity index (χ0v) is 11.4. The summed E-state index contributed by atoms with van der Waals surface area (Å²) in [6, 6.07) is 0. The molecule has 1 aliphatic carbocycles. The molecule has 17 heavy (non-hydrogen) atoms. The van der Waals surface area contributed by atoms with E-state index >= 15 is 0 Å². The second kappa shape index (κ2) is 8.93. The van der Waals surface area contributed by atoms with Gasteiger partial charge in [-0.25, -0.2) is 0 Å². The Labute approximate surface area is 106 Å². The van der Waals surface area contributed by atoms with E-state index in [1.54, 1.807) is 0 Å². The van der Waals surface area contributed by atoms with Crippen LogP contribution in [0.1, 0.15) is 77.6 Å². The van der Waals surface area contributed by atoms with Gasteiger partial charge in [-0.15, -0.1) is 0 Å². The molecule has 2 atom stereocenters. The first-order valence-corrected chi connectivity index (χ1v) is 7.60. The molecule has 1 fully saturated rings. The Morgan fingerprint density at radius 2 is 1.47 bits per heavy atom. The third-order valence-corrected chi connectivity index (χ3v) is 3.87. The van der Waals surface area contributed by atoms with Gasteiger partial charge < -0.3 is 10.2 Å². The van der Waals surface area contributed by atoms with E-state index in [1.165, 1.54) is 44.9 Å². The van der Waals surface area contributed by atoms with Crippen molar-refractivity contribution in [3.05, 3.63) is 0 Å². The van der Waals surface area contributed by atoms with E-state index in [1.807, 2.05) is 0 Å². The van der Waals surface area contributed by atoms with Crippen LogP contribution in [0.5, 0.6) is 0 Å². The predicted octanol–water partition coefficient (Wildman–Crippen LogP) is 3.65. The molecule has 0 spiro atoms. The lowest BCUT2D eigenvalue weighted by Crippen LogP contribution is -2.25. The van der Waals surface area contributed by atoms with Gasteiger partial charge in [0.2, 0.25) is 0 Å². The van der Waals surface area contributed by atoms with Crippen LogP contribution in [0.25, 0.3) is 0 Å². The average Bonchev–Trinajstić information content (AvgIpc) is 3.14. The van der Waals surface area contributed by atoms with E-state index in [-0.39, 0.29) is 0 Å². The molecule has 1 aliphatic rings. The van der Waals surface area contributed by atoms with Crippen molar-refractivity contribution in [2.45, 2.75) is 89.8 Å². The smallest absolute Gasteiger partial charge is 0.0799 e. The highest BCUT2D eigenvalue weighted by molar-refractivity contribution is 4.76. The topological polar surface area (TPSA) is 40.5 Å². The van der Waals surface area contributed by atoms with Crippen LogP contribution in [-0.4, -0.2) is 22.4 Å². The Hall–Kier alpha value is -0.0800. The van der Waals surface area contributed by atoms with Crippen molar-refractivity contribution in [1.29, 1.82) is 0 Å². The van der Waals surface area contributed by atoms with Gasteiger partial charge in [-0.3, -0.25) is 0 Å². The van der Waals surface area contributed by atoms with Crippen LogP contribution >= 0.6 is 0 Å². The van der Waals surface area contributed by atoms with Crippen LogP contribution < -0.4 is 0 Å². The molecule has 2 nitrogen and oxygen atoms in total. The Morgan fingerprint density at radius 1 is 0.882 bits per heavy atom. The van der Waals surface area contributed by atoms with Crippen LogP contribution in [0.15, 0.2) is 0 Å². The number of aliphatic hydroxyl groups excluding tert-OH is 2. The van der Waals surface area contributed by atoms with Crippen molar-refractivity contribution in [2.24, 2.45) is 5.92 Å². The molecule has 0 saturated heterocycles. The fraction of sp³-hybridized carbons (Fsp3) is 1.00. The van der Waals surface area contributed by atoms with Gasteiger partial charge in [-0.05, 0) is 25.2 Å². The van der Waals surface area contributed by atoms with Gasteiger partial charge in [0.25, 0.3) is 0 Å². The molecule has 0 amide bonds. The zero-order chi connectivity index (χ0) is 12.5. The lowest BCUT2D eigenvalue weighted by atomic mass is 10.0. The molecule has 1 saturated carbocycles. The van der Waals surface area contributed by atoms with Gasteiger partial charge >= 0.3 is 0 Å². The van der Waals surface area contributed by atoms with Crippen molar-refractivity contribution >= 4 is 0 Å². The number of rotatable bonds is 11. The second-order valence-corrected chi connectivity index (χ2v) is 5.71. The third-order valence-electron chi connectivity index (χ3n) is 3.87. The zero-order valence-electron chi connectivity index (χ0n) is 11.4. The molecular weight excluding hydrogens is 212 g/mol. The van der Waals surface area contributed by atoms with Crippen LogP contribution in [0.2, 0.25) is 0 Å². The quantitative estimate of drug-likeness (QED) is 0.543. The molecule has 0 aromatic rings. The summed E-state index contributed by atoms with van der Waals surface area (Å²) in [5, 5.41) is 19.6. The molecule has 0 aliphatic heterocycles. The van der Waals surface area contributed by atoms with Crippen LogP contribution in [-0.2, 0) is 0 Å². The molecule has 2 heteroatoms. The Balaban J connectivity index is 1.89. The average molecular weight is 242 g/mol. The summed E-state index contributed by atoms with van der Waals surface area (Å²) in [5.41, 5.74) is 0. The molecule has 0 aromatic heterocycles. The third kappa shape index (κ3) is 7.77. The standard InChI is InChI=1S/C15H30O2/c1-2-3-4-5-6-7-8-14(16)15(17)12-11-13-9-10-13/h13-17H,2-12H2,1H3. The molecule has 1 rings (SSSR count). The maximum atomic E-state index is 9.80. The molecule has 0 radical (unpaired) electrons. The Kier molecular flexibility index (Phi) is 7.87.